The van der Waals surface area contributed by atoms with Crippen LogP contribution in [0, 0.1) is 6.92 Å². The van der Waals surface area contributed by atoms with E-state index in [1.165, 1.54) is 6.07 Å². The van der Waals surface area contributed by atoms with Gasteiger partial charge in [0.2, 0.25) is 0 Å². The molecule has 31 heavy (non-hydrogen) atoms. The number of rotatable bonds is 7. The zero-order chi connectivity index (χ0) is 22.0. The molecule has 0 aliphatic heterocycles. The van der Waals surface area contributed by atoms with E-state index in [9.17, 15) is 8.42 Å². The third kappa shape index (κ3) is 4.45. The van der Waals surface area contributed by atoms with Crippen LogP contribution in [-0.2, 0) is 29.4 Å². The Hall–Kier alpha value is -2.83. The Balaban J connectivity index is 1.60. The maximum Gasteiger partial charge on any atom is 0.262 e. The molecule has 3 aromatic carbocycles. The summed E-state index contributed by atoms with van der Waals surface area (Å²) >= 11 is 5.98. The Kier molecular flexibility index (Phi) is 6.03. The van der Waals surface area contributed by atoms with Crippen LogP contribution in [0.3, 0.4) is 0 Å². The normalized spacial score (nSPS) is 11.7. The van der Waals surface area contributed by atoms with Crippen LogP contribution in [-0.4, -0.2) is 18.0 Å². The van der Waals surface area contributed by atoms with Gasteiger partial charge in [0.1, 0.15) is 5.82 Å². The molecule has 0 saturated carbocycles. The second kappa shape index (κ2) is 8.73. The smallest absolute Gasteiger partial charge is 0.262 e. The van der Waals surface area contributed by atoms with E-state index in [2.05, 4.69) is 22.3 Å². The third-order valence-electron chi connectivity index (χ3n) is 5.36. The lowest BCUT2D eigenvalue weighted by atomic mass is 10.1. The van der Waals surface area contributed by atoms with E-state index < -0.39 is 10.0 Å². The molecule has 0 fully saturated rings. The number of para-hydroxylation sites is 3. The summed E-state index contributed by atoms with van der Waals surface area (Å²) in [5, 5.41) is 0.510. The van der Waals surface area contributed by atoms with Crippen molar-refractivity contribution in [2.24, 2.45) is 0 Å². The number of fused-ring (bicyclic) bond motifs is 1. The number of sulfonamides is 1. The Morgan fingerprint density at radius 3 is 2.52 bits per heavy atom. The van der Waals surface area contributed by atoms with Gasteiger partial charge in [0.25, 0.3) is 10.0 Å². The molecule has 0 saturated heterocycles. The van der Waals surface area contributed by atoms with Crippen LogP contribution in [0.1, 0.15) is 23.9 Å². The largest absolute Gasteiger partial charge is 0.328 e. The number of aromatic nitrogens is 2. The highest BCUT2D eigenvalue weighted by Gasteiger charge is 2.19. The van der Waals surface area contributed by atoms with Crippen molar-refractivity contribution in [3.63, 3.8) is 0 Å². The molecular weight excluding hydrogens is 430 g/mol. The standard InChI is InChI=1S/C24H24ClN3O2S/c1-3-28-22-11-7-6-10-21(22)26-24(28)15-12-18-8-4-5-9-20(18)27-31(29,30)23-14-13-19(25)16-17(23)2/h4-11,13-14,16,27H,3,12,15H2,1-2H3. The fourth-order valence-corrected chi connectivity index (χ4v) is 5.42. The summed E-state index contributed by atoms with van der Waals surface area (Å²) in [6.45, 7) is 4.68. The number of aryl methyl sites for hydroxylation is 4. The lowest BCUT2D eigenvalue weighted by molar-refractivity contribution is 0.600. The van der Waals surface area contributed by atoms with Gasteiger partial charge in [-0.1, -0.05) is 41.9 Å². The van der Waals surface area contributed by atoms with E-state index in [0.29, 0.717) is 29.1 Å². The molecule has 0 aliphatic rings. The molecule has 0 unspecified atom stereocenters. The summed E-state index contributed by atoms with van der Waals surface area (Å²) < 4.78 is 31.0. The summed E-state index contributed by atoms with van der Waals surface area (Å²) in [6.07, 6.45) is 1.38. The van der Waals surface area contributed by atoms with Crippen molar-refractivity contribution < 1.29 is 8.42 Å². The van der Waals surface area contributed by atoms with Gasteiger partial charge in [0.15, 0.2) is 0 Å². The minimum absolute atomic E-state index is 0.222. The van der Waals surface area contributed by atoms with Crippen LogP contribution >= 0.6 is 11.6 Å². The fraction of sp³-hybridized carbons (Fsp3) is 0.208. The van der Waals surface area contributed by atoms with Crippen LogP contribution in [0.15, 0.2) is 71.6 Å². The average Bonchev–Trinajstić information content (AvgIpc) is 3.10. The summed E-state index contributed by atoms with van der Waals surface area (Å²) in [5.74, 6) is 0.995. The molecule has 4 rings (SSSR count). The van der Waals surface area contributed by atoms with E-state index >= 15 is 0 Å². The Bertz CT molecular complexity index is 1350. The molecule has 0 aliphatic carbocycles. The van der Waals surface area contributed by atoms with Gasteiger partial charge in [-0.25, -0.2) is 13.4 Å². The number of halogens is 1. The average molecular weight is 454 g/mol. The van der Waals surface area contributed by atoms with Crippen molar-refractivity contribution in [2.75, 3.05) is 4.72 Å². The molecule has 0 spiro atoms. The summed E-state index contributed by atoms with van der Waals surface area (Å²) in [7, 11) is -3.73. The van der Waals surface area contributed by atoms with Crippen molar-refractivity contribution >= 4 is 38.3 Å². The molecule has 0 bridgehead atoms. The lowest BCUT2D eigenvalue weighted by Gasteiger charge is -2.14. The van der Waals surface area contributed by atoms with Gasteiger partial charge in [-0.05, 0) is 67.8 Å². The van der Waals surface area contributed by atoms with Gasteiger partial charge in [-0.2, -0.15) is 0 Å². The Morgan fingerprint density at radius 1 is 1.00 bits per heavy atom. The Morgan fingerprint density at radius 2 is 1.74 bits per heavy atom. The lowest BCUT2D eigenvalue weighted by Crippen LogP contribution is -2.15. The van der Waals surface area contributed by atoms with Gasteiger partial charge in [-0.15, -0.1) is 0 Å². The highest BCUT2D eigenvalue weighted by atomic mass is 35.5. The number of nitrogens with one attached hydrogen (secondary N) is 1. The van der Waals surface area contributed by atoms with Crippen molar-refractivity contribution in [1.29, 1.82) is 0 Å². The molecule has 1 N–H and O–H groups in total. The topological polar surface area (TPSA) is 64.0 Å². The molecule has 4 aromatic rings. The van der Waals surface area contributed by atoms with Gasteiger partial charge in [0.05, 0.1) is 21.6 Å². The number of hydrogen-bond donors (Lipinski definition) is 1. The predicted octanol–water partition coefficient (Wildman–Crippen LogP) is 5.60. The molecule has 7 heteroatoms. The van der Waals surface area contributed by atoms with Crippen LogP contribution in [0.2, 0.25) is 5.02 Å². The van der Waals surface area contributed by atoms with E-state index in [4.69, 9.17) is 16.6 Å². The highest BCUT2D eigenvalue weighted by molar-refractivity contribution is 7.92. The number of anilines is 1. The first kappa shape index (κ1) is 21.4. The van der Waals surface area contributed by atoms with Crippen molar-refractivity contribution in [2.45, 2.75) is 38.1 Å². The van der Waals surface area contributed by atoms with E-state index in [1.54, 1.807) is 25.1 Å². The van der Waals surface area contributed by atoms with Crippen molar-refractivity contribution in [3.05, 3.63) is 88.7 Å². The van der Waals surface area contributed by atoms with Gasteiger partial charge >= 0.3 is 0 Å². The van der Waals surface area contributed by atoms with Crippen LogP contribution in [0.4, 0.5) is 5.69 Å². The monoisotopic (exact) mass is 453 g/mol. The molecule has 160 valence electrons. The molecule has 1 heterocycles. The first-order valence-electron chi connectivity index (χ1n) is 10.2. The van der Waals surface area contributed by atoms with E-state index in [-0.39, 0.29) is 4.90 Å². The molecule has 5 nitrogen and oxygen atoms in total. The second-order valence-electron chi connectivity index (χ2n) is 7.43. The van der Waals surface area contributed by atoms with Crippen molar-refractivity contribution in [1.82, 2.24) is 9.55 Å². The second-order valence-corrected chi connectivity index (χ2v) is 9.52. The van der Waals surface area contributed by atoms with Crippen molar-refractivity contribution in [3.8, 4) is 0 Å². The summed E-state index contributed by atoms with van der Waals surface area (Å²) in [4.78, 5) is 5.00. The minimum atomic E-state index is -3.73. The van der Waals surface area contributed by atoms with Gasteiger partial charge in [0, 0.05) is 18.0 Å². The number of benzene rings is 3. The summed E-state index contributed by atoms with van der Waals surface area (Å²) in [6, 6.07) is 20.4. The van der Waals surface area contributed by atoms with Gasteiger partial charge < -0.3 is 4.57 Å². The quantitative estimate of drug-likeness (QED) is 0.396. The van der Waals surface area contributed by atoms with Crippen LogP contribution in [0.5, 0.6) is 0 Å². The summed E-state index contributed by atoms with van der Waals surface area (Å²) in [5.41, 5.74) is 4.20. The number of hydrogen-bond acceptors (Lipinski definition) is 3. The third-order valence-corrected chi connectivity index (χ3v) is 7.12. The zero-order valence-corrected chi connectivity index (χ0v) is 19.0. The zero-order valence-electron chi connectivity index (χ0n) is 17.5. The molecule has 0 radical (unpaired) electrons. The minimum Gasteiger partial charge on any atom is -0.328 e. The van der Waals surface area contributed by atoms with Crippen LogP contribution < -0.4 is 4.72 Å². The first-order valence-corrected chi connectivity index (χ1v) is 12.1. The Labute approximate surface area is 187 Å². The number of imidazole rings is 1. The van der Waals surface area contributed by atoms with Gasteiger partial charge in [-0.3, -0.25) is 4.72 Å². The van der Waals surface area contributed by atoms with E-state index in [0.717, 1.165) is 29.0 Å². The number of nitrogens with zero attached hydrogens (tertiary/aromatic N) is 2. The predicted molar refractivity (Wildman–Crippen MR) is 126 cm³/mol. The molecule has 0 atom stereocenters. The molecular formula is C24H24ClN3O2S. The SMILES string of the molecule is CCn1c(CCc2ccccc2NS(=O)(=O)c2ccc(Cl)cc2C)nc2ccccc21. The fourth-order valence-electron chi connectivity index (χ4n) is 3.87. The highest BCUT2D eigenvalue weighted by Crippen LogP contribution is 2.25. The first-order chi connectivity index (χ1) is 14.9. The maximum absolute atomic E-state index is 13.0. The van der Waals surface area contributed by atoms with E-state index in [1.807, 2.05) is 36.4 Å². The molecule has 1 aromatic heterocycles. The van der Waals surface area contributed by atoms with Crippen LogP contribution in [0.25, 0.3) is 11.0 Å². The maximum atomic E-state index is 13.0. The molecule has 0 amide bonds.